The molecule has 1 saturated heterocycles. The van der Waals surface area contributed by atoms with Gasteiger partial charge in [-0.2, -0.15) is 0 Å². The van der Waals surface area contributed by atoms with Crippen LogP contribution >= 0.6 is 0 Å². The lowest BCUT2D eigenvalue weighted by molar-refractivity contribution is 0.194. The minimum Gasteiger partial charge on any atom is -0.338 e. The maximum absolute atomic E-state index is 11.6. The SMILES string of the molecule is CCCCNC(=O)N(C)C1CCNC1. The number of hydrogen-bond acceptors (Lipinski definition) is 2. The lowest BCUT2D eigenvalue weighted by Gasteiger charge is -2.23. The molecule has 0 bridgehead atoms. The molecule has 1 unspecified atom stereocenters. The molecule has 1 aliphatic rings. The van der Waals surface area contributed by atoms with Crippen LogP contribution in [0.25, 0.3) is 0 Å². The highest BCUT2D eigenvalue weighted by molar-refractivity contribution is 5.74. The maximum Gasteiger partial charge on any atom is 0.317 e. The summed E-state index contributed by atoms with van der Waals surface area (Å²) in [6, 6.07) is 0.434. The van der Waals surface area contributed by atoms with Gasteiger partial charge in [0.25, 0.3) is 0 Å². The third kappa shape index (κ3) is 3.18. The summed E-state index contributed by atoms with van der Waals surface area (Å²) in [6.07, 6.45) is 3.25. The number of carbonyl (C=O) groups is 1. The molecule has 1 heterocycles. The fourth-order valence-electron chi connectivity index (χ4n) is 1.63. The van der Waals surface area contributed by atoms with Crippen LogP contribution in [-0.2, 0) is 0 Å². The highest BCUT2D eigenvalue weighted by atomic mass is 16.2. The molecule has 0 aromatic carbocycles. The number of nitrogens with one attached hydrogen (secondary N) is 2. The standard InChI is InChI=1S/C10H21N3O/c1-3-4-6-12-10(14)13(2)9-5-7-11-8-9/h9,11H,3-8H2,1-2H3,(H,12,14). The second kappa shape index (κ2) is 5.86. The van der Waals surface area contributed by atoms with Gasteiger partial charge in [-0.1, -0.05) is 13.3 Å². The second-order valence-corrected chi connectivity index (χ2v) is 3.84. The molecule has 4 nitrogen and oxygen atoms in total. The van der Waals surface area contributed by atoms with Crippen molar-refractivity contribution < 1.29 is 4.79 Å². The number of rotatable bonds is 4. The Balaban J connectivity index is 2.21. The number of unbranched alkanes of at least 4 members (excludes halogenated alkanes) is 1. The molecule has 1 atom stereocenters. The average Bonchev–Trinajstić information content (AvgIpc) is 2.69. The zero-order chi connectivity index (χ0) is 10.4. The largest absolute Gasteiger partial charge is 0.338 e. The van der Waals surface area contributed by atoms with E-state index in [0.29, 0.717) is 6.04 Å². The van der Waals surface area contributed by atoms with Gasteiger partial charge >= 0.3 is 6.03 Å². The minimum absolute atomic E-state index is 0.0622. The number of urea groups is 1. The third-order valence-corrected chi connectivity index (χ3v) is 2.71. The van der Waals surface area contributed by atoms with E-state index in [1.165, 1.54) is 0 Å². The van der Waals surface area contributed by atoms with E-state index in [2.05, 4.69) is 17.6 Å². The zero-order valence-electron chi connectivity index (χ0n) is 9.18. The van der Waals surface area contributed by atoms with E-state index in [9.17, 15) is 4.79 Å². The molecule has 1 fully saturated rings. The number of nitrogens with zero attached hydrogens (tertiary/aromatic N) is 1. The van der Waals surface area contributed by atoms with E-state index < -0.39 is 0 Å². The topological polar surface area (TPSA) is 44.4 Å². The molecule has 4 heteroatoms. The quantitative estimate of drug-likeness (QED) is 0.657. The number of hydrogen-bond donors (Lipinski definition) is 2. The molecule has 0 aromatic rings. The lowest BCUT2D eigenvalue weighted by Crippen LogP contribution is -2.44. The Bertz CT molecular complexity index is 178. The summed E-state index contributed by atoms with van der Waals surface area (Å²) in [6.45, 7) is 4.87. The third-order valence-electron chi connectivity index (χ3n) is 2.71. The second-order valence-electron chi connectivity index (χ2n) is 3.84. The highest BCUT2D eigenvalue weighted by Crippen LogP contribution is 2.05. The van der Waals surface area contributed by atoms with Gasteiger partial charge in [0, 0.05) is 26.2 Å². The summed E-state index contributed by atoms with van der Waals surface area (Å²) in [7, 11) is 1.87. The van der Waals surface area contributed by atoms with Gasteiger partial charge in [0.05, 0.1) is 0 Å². The molecule has 0 radical (unpaired) electrons. The Labute approximate surface area is 86.0 Å². The first kappa shape index (κ1) is 11.3. The van der Waals surface area contributed by atoms with Gasteiger partial charge in [-0.3, -0.25) is 0 Å². The molecule has 14 heavy (non-hydrogen) atoms. The van der Waals surface area contributed by atoms with Crippen LogP contribution in [0.3, 0.4) is 0 Å². The van der Waals surface area contributed by atoms with Crippen LogP contribution in [0, 0.1) is 0 Å². The van der Waals surface area contributed by atoms with Crippen LogP contribution in [0.4, 0.5) is 4.79 Å². The van der Waals surface area contributed by atoms with Crippen molar-refractivity contribution in [3.05, 3.63) is 0 Å². The van der Waals surface area contributed by atoms with Crippen LogP contribution in [0.1, 0.15) is 26.2 Å². The Hall–Kier alpha value is -0.770. The molecular formula is C10H21N3O. The normalized spacial score (nSPS) is 20.9. The molecule has 1 aliphatic heterocycles. The fourth-order valence-corrected chi connectivity index (χ4v) is 1.63. The highest BCUT2D eigenvalue weighted by Gasteiger charge is 2.22. The van der Waals surface area contributed by atoms with Crippen molar-refractivity contribution in [3.8, 4) is 0 Å². The Kier molecular flexibility index (Phi) is 4.73. The number of likely N-dealkylation sites (N-methyl/N-ethyl adjacent to an activating group) is 1. The molecule has 0 aromatic heterocycles. The average molecular weight is 199 g/mol. The Morgan fingerprint density at radius 2 is 2.43 bits per heavy atom. The summed E-state index contributed by atoms with van der Waals surface area (Å²) in [4.78, 5) is 13.4. The number of amides is 2. The maximum atomic E-state index is 11.6. The summed E-state index contributed by atoms with van der Waals surface area (Å²) >= 11 is 0. The predicted octanol–water partition coefficient (Wildman–Crippen LogP) is 0.790. The molecular weight excluding hydrogens is 178 g/mol. The van der Waals surface area contributed by atoms with Crippen LogP contribution < -0.4 is 10.6 Å². The summed E-state index contributed by atoms with van der Waals surface area (Å²) in [5, 5.41) is 6.17. The summed E-state index contributed by atoms with van der Waals surface area (Å²) < 4.78 is 0. The smallest absolute Gasteiger partial charge is 0.317 e. The van der Waals surface area contributed by atoms with Gasteiger partial charge in [-0.05, 0) is 19.4 Å². The van der Waals surface area contributed by atoms with Crippen molar-refractivity contribution in [1.29, 1.82) is 0 Å². The van der Waals surface area contributed by atoms with Gasteiger partial charge in [0.1, 0.15) is 0 Å². The predicted molar refractivity (Wildman–Crippen MR) is 57.3 cm³/mol. The molecule has 0 spiro atoms. The van der Waals surface area contributed by atoms with Crippen LogP contribution in [0.15, 0.2) is 0 Å². The summed E-state index contributed by atoms with van der Waals surface area (Å²) in [5.41, 5.74) is 0. The Morgan fingerprint density at radius 3 is 3.00 bits per heavy atom. The van der Waals surface area contributed by atoms with E-state index in [1.54, 1.807) is 0 Å². The van der Waals surface area contributed by atoms with Crippen molar-refractivity contribution in [2.75, 3.05) is 26.7 Å². The fraction of sp³-hybridized carbons (Fsp3) is 0.900. The first-order valence-electron chi connectivity index (χ1n) is 5.47. The van der Waals surface area contributed by atoms with E-state index in [-0.39, 0.29) is 6.03 Å². The van der Waals surface area contributed by atoms with Gasteiger partial charge in [0.2, 0.25) is 0 Å². The zero-order valence-corrected chi connectivity index (χ0v) is 9.18. The van der Waals surface area contributed by atoms with E-state index in [4.69, 9.17) is 0 Å². The number of carbonyl (C=O) groups excluding carboxylic acids is 1. The summed E-state index contributed by atoms with van der Waals surface area (Å²) in [5.74, 6) is 0. The van der Waals surface area contributed by atoms with E-state index in [1.807, 2.05) is 11.9 Å². The minimum atomic E-state index is 0.0622. The first-order chi connectivity index (χ1) is 6.75. The van der Waals surface area contributed by atoms with Gasteiger partial charge in [-0.15, -0.1) is 0 Å². The van der Waals surface area contributed by atoms with Gasteiger partial charge in [0.15, 0.2) is 0 Å². The van der Waals surface area contributed by atoms with Gasteiger partial charge in [-0.25, -0.2) is 4.79 Å². The van der Waals surface area contributed by atoms with Gasteiger partial charge < -0.3 is 15.5 Å². The van der Waals surface area contributed by atoms with Crippen molar-refractivity contribution in [2.24, 2.45) is 0 Å². The molecule has 0 aliphatic carbocycles. The van der Waals surface area contributed by atoms with Crippen LogP contribution in [-0.4, -0.2) is 43.7 Å². The molecule has 0 saturated carbocycles. The monoisotopic (exact) mass is 199 g/mol. The Morgan fingerprint density at radius 1 is 1.64 bits per heavy atom. The van der Waals surface area contributed by atoms with E-state index >= 15 is 0 Å². The van der Waals surface area contributed by atoms with E-state index in [0.717, 1.165) is 38.9 Å². The van der Waals surface area contributed by atoms with Crippen LogP contribution in [0.2, 0.25) is 0 Å². The first-order valence-corrected chi connectivity index (χ1v) is 5.47. The molecule has 82 valence electrons. The molecule has 2 amide bonds. The van der Waals surface area contributed by atoms with Crippen molar-refractivity contribution >= 4 is 6.03 Å². The lowest BCUT2D eigenvalue weighted by atomic mass is 10.2. The molecule has 1 rings (SSSR count). The molecule has 2 N–H and O–H groups in total. The van der Waals surface area contributed by atoms with Crippen LogP contribution in [0.5, 0.6) is 0 Å². The van der Waals surface area contributed by atoms with Crippen molar-refractivity contribution in [3.63, 3.8) is 0 Å². The van der Waals surface area contributed by atoms with Crippen molar-refractivity contribution in [2.45, 2.75) is 32.2 Å². The van der Waals surface area contributed by atoms with Crippen molar-refractivity contribution in [1.82, 2.24) is 15.5 Å².